The van der Waals surface area contributed by atoms with Gasteiger partial charge in [0.2, 0.25) is 5.91 Å². The number of aromatic nitrogens is 3. The second-order valence-corrected chi connectivity index (χ2v) is 5.65. The Balaban J connectivity index is 1.74. The summed E-state index contributed by atoms with van der Waals surface area (Å²) in [6, 6.07) is 0.537. The second kappa shape index (κ2) is 6.66. The Morgan fingerprint density at radius 3 is 2.86 bits per heavy atom. The van der Waals surface area contributed by atoms with E-state index in [1.807, 2.05) is 0 Å². The zero-order valence-electron chi connectivity index (χ0n) is 12.3. The van der Waals surface area contributed by atoms with Gasteiger partial charge in [0.15, 0.2) is 5.69 Å². The number of carbonyl (C=O) groups is 2. The van der Waals surface area contributed by atoms with Crippen molar-refractivity contribution in [3.05, 3.63) is 11.9 Å². The molecule has 2 heterocycles. The van der Waals surface area contributed by atoms with Crippen molar-refractivity contribution in [1.82, 2.24) is 25.2 Å². The van der Waals surface area contributed by atoms with Gasteiger partial charge in [0, 0.05) is 19.1 Å². The molecule has 21 heavy (non-hydrogen) atoms. The Morgan fingerprint density at radius 2 is 2.29 bits per heavy atom. The molecule has 0 radical (unpaired) electrons. The summed E-state index contributed by atoms with van der Waals surface area (Å²) in [4.78, 5) is 24.9. The molecule has 0 aromatic carbocycles. The van der Waals surface area contributed by atoms with Crippen LogP contribution >= 0.6 is 0 Å². The van der Waals surface area contributed by atoms with E-state index in [0.29, 0.717) is 18.5 Å². The third-order valence-electron chi connectivity index (χ3n) is 3.70. The summed E-state index contributed by atoms with van der Waals surface area (Å²) in [5, 5.41) is 18.7. The topological polar surface area (TPSA) is 100 Å². The first-order valence-electron chi connectivity index (χ1n) is 7.10. The maximum Gasteiger partial charge on any atom is 0.358 e. The van der Waals surface area contributed by atoms with E-state index in [1.165, 1.54) is 10.9 Å². The molecule has 1 unspecified atom stereocenters. The Kier molecular flexibility index (Phi) is 4.89. The number of aromatic carboxylic acids is 1. The van der Waals surface area contributed by atoms with Crippen LogP contribution in [0.2, 0.25) is 0 Å². The van der Waals surface area contributed by atoms with Crippen molar-refractivity contribution in [2.24, 2.45) is 5.92 Å². The van der Waals surface area contributed by atoms with Crippen LogP contribution in [0.15, 0.2) is 6.20 Å². The van der Waals surface area contributed by atoms with Crippen LogP contribution in [0.4, 0.5) is 0 Å². The summed E-state index contributed by atoms with van der Waals surface area (Å²) in [6.45, 7) is 7.05. The summed E-state index contributed by atoms with van der Waals surface area (Å²) < 4.78 is 1.23. The smallest absolute Gasteiger partial charge is 0.358 e. The van der Waals surface area contributed by atoms with Gasteiger partial charge in [-0.15, -0.1) is 5.10 Å². The van der Waals surface area contributed by atoms with E-state index >= 15 is 0 Å². The SMILES string of the molecule is CC(C)N1CCC(CNC(=O)Cn2cc(C(=O)O)nn2)C1. The molecule has 1 atom stereocenters. The summed E-state index contributed by atoms with van der Waals surface area (Å²) in [5.41, 5.74) is -0.161. The third kappa shape index (κ3) is 4.25. The quantitative estimate of drug-likeness (QED) is 0.755. The molecule has 8 nitrogen and oxygen atoms in total. The average molecular weight is 295 g/mol. The molecule has 0 spiro atoms. The fourth-order valence-corrected chi connectivity index (χ4v) is 2.43. The molecule has 0 saturated carbocycles. The van der Waals surface area contributed by atoms with E-state index in [4.69, 9.17) is 5.11 Å². The predicted molar refractivity (Wildman–Crippen MR) is 74.8 cm³/mol. The van der Waals surface area contributed by atoms with Crippen molar-refractivity contribution in [2.75, 3.05) is 19.6 Å². The fourth-order valence-electron chi connectivity index (χ4n) is 2.43. The number of carboxylic acid groups (broad SMARTS) is 1. The van der Waals surface area contributed by atoms with Gasteiger partial charge in [-0.25, -0.2) is 9.48 Å². The van der Waals surface area contributed by atoms with E-state index in [0.717, 1.165) is 19.5 Å². The van der Waals surface area contributed by atoms with Gasteiger partial charge in [0.25, 0.3) is 0 Å². The first-order chi connectivity index (χ1) is 9.95. The Hall–Kier alpha value is -1.96. The summed E-state index contributed by atoms with van der Waals surface area (Å²) in [6.07, 6.45) is 2.34. The number of nitrogens with one attached hydrogen (secondary N) is 1. The Morgan fingerprint density at radius 1 is 1.52 bits per heavy atom. The molecule has 1 aromatic heterocycles. The van der Waals surface area contributed by atoms with Gasteiger partial charge < -0.3 is 15.3 Å². The van der Waals surface area contributed by atoms with E-state index in [-0.39, 0.29) is 18.1 Å². The van der Waals surface area contributed by atoms with Crippen LogP contribution in [0.3, 0.4) is 0 Å². The normalized spacial score (nSPS) is 19.1. The molecular weight excluding hydrogens is 274 g/mol. The van der Waals surface area contributed by atoms with Crippen LogP contribution in [0.5, 0.6) is 0 Å². The first-order valence-corrected chi connectivity index (χ1v) is 7.10. The van der Waals surface area contributed by atoms with E-state index in [2.05, 4.69) is 34.4 Å². The van der Waals surface area contributed by atoms with E-state index < -0.39 is 5.97 Å². The molecule has 1 aromatic rings. The van der Waals surface area contributed by atoms with E-state index in [9.17, 15) is 9.59 Å². The van der Waals surface area contributed by atoms with Gasteiger partial charge >= 0.3 is 5.97 Å². The van der Waals surface area contributed by atoms with Crippen molar-refractivity contribution in [3.63, 3.8) is 0 Å². The van der Waals surface area contributed by atoms with Gasteiger partial charge in [-0.2, -0.15) is 0 Å². The number of nitrogens with zero attached hydrogens (tertiary/aromatic N) is 4. The minimum Gasteiger partial charge on any atom is -0.476 e. The highest BCUT2D eigenvalue weighted by Gasteiger charge is 2.24. The molecule has 0 aliphatic carbocycles. The molecule has 2 rings (SSSR count). The van der Waals surface area contributed by atoms with Crippen LogP contribution in [0.1, 0.15) is 30.8 Å². The lowest BCUT2D eigenvalue weighted by molar-refractivity contribution is -0.122. The number of hydrogen-bond acceptors (Lipinski definition) is 5. The molecule has 1 aliphatic heterocycles. The van der Waals surface area contributed by atoms with Crippen LogP contribution in [-0.2, 0) is 11.3 Å². The van der Waals surface area contributed by atoms with Gasteiger partial charge in [0.1, 0.15) is 6.54 Å². The standard InChI is InChI=1S/C13H21N5O3/c1-9(2)17-4-3-10(6-17)5-14-12(19)8-18-7-11(13(20)21)15-16-18/h7,9-10H,3-6,8H2,1-2H3,(H,14,19)(H,20,21). The van der Waals surface area contributed by atoms with Gasteiger partial charge in [0.05, 0.1) is 6.20 Å². The molecular formula is C13H21N5O3. The Labute approximate surface area is 123 Å². The number of likely N-dealkylation sites (tertiary alicyclic amines) is 1. The molecule has 1 aliphatic rings. The van der Waals surface area contributed by atoms with Gasteiger partial charge in [-0.1, -0.05) is 5.21 Å². The lowest BCUT2D eigenvalue weighted by Crippen LogP contribution is -2.34. The third-order valence-corrected chi connectivity index (χ3v) is 3.70. The van der Waals surface area contributed by atoms with Crippen molar-refractivity contribution < 1.29 is 14.7 Å². The van der Waals surface area contributed by atoms with Crippen molar-refractivity contribution in [1.29, 1.82) is 0 Å². The summed E-state index contributed by atoms with van der Waals surface area (Å²) >= 11 is 0. The molecule has 8 heteroatoms. The van der Waals surface area contributed by atoms with Crippen molar-refractivity contribution in [3.8, 4) is 0 Å². The van der Waals surface area contributed by atoms with Gasteiger partial charge in [-0.3, -0.25) is 4.79 Å². The first kappa shape index (κ1) is 15.4. The van der Waals surface area contributed by atoms with Crippen LogP contribution in [-0.4, -0.2) is 62.6 Å². The minimum absolute atomic E-state index is 0.0130. The number of carboxylic acids is 1. The molecule has 116 valence electrons. The maximum absolute atomic E-state index is 11.8. The molecule has 2 N–H and O–H groups in total. The highest BCUT2D eigenvalue weighted by molar-refractivity contribution is 5.84. The highest BCUT2D eigenvalue weighted by atomic mass is 16.4. The maximum atomic E-state index is 11.8. The lowest BCUT2D eigenvalue weighted by atomic mass is 10.1. The largest absolute Gasteiger partial charge is 0.476 e. The number of hydrogen-bond donors (Lipinski definition) is 2. The second-order valence-electron chi connectivity index (χ2n) is 5.65. The molecule has 1 fully saturated rings. The van der Waals surface area contributed by atoms with Gasteiger partial charge in [-0.05, 0) is 32.7 Å². The fraction of sp³-hybridized carbons (Fsp3) is 0.692. The molecule has 1 amide bonds. The van der Waals surface area contributed by atoms with Crippen LogP contribution in [0.25, 0.3) is 0 Å². The number of carbonyl (C=O) groups excluding carboxylic acids is 1. The molecule has 0 bridgehead atoms. The number of amides is 1. The van der Waals surface area contributed by atoms with E-state index in [1.54, 1.807) is 0 Å². The van der Waals surface area contributed by atoms with Crippen molar-refractivity contribution >= 4 is 11.9 Å². The highest BCUT2D eigenvalue weighted by Crippen LogP contribution is 2.17. The summed E-state index contributed by atoms with van der Waals surface area (Å²) in [7, 11) is 0. The Bertz CT molecular complexity index is 514. The predicted octanol–water partition coefficient (Wildman–Crippen LogP) is -0.177. The number of rotatable bonds is 6. The average Bonchev–Trinajstić information content (AvgIpc) is 3.05. The van der Waals surface area contributed by atoms with Crippen LogP contribution < -0.4 is 5.32 Å². The zero-order chi connectivity index (χ0) is 15.4. The minimum atomic E-state index is -1.15. The van der Waals surface area contributed by atoms with Crippen molar-refractivity contribution in [2.45, 2.75) is 32.9 Å². The monoisotopic (exact) mass is 295 g/mol. The zero-order valence-corrected chi connectivity index (χ0v) is 12.3. The molecule has 1 saturated heterocycles. The van der Waals surface area contributed by atoms with Crippen LogP contribution in [0, 0.1) is 5.92 Å². The lowest BCUT2D eigenvalue weighted by Gasteiger charge is -2.20. The summed E-state index contributed by atoms with van der Waals surface area (Å²) in [5.74, 6) is -0.858.